The van der Waals surface area contributed by atoms with E-state index >= 15 is 9.59 Å². The lowest BCUT2D eigenvalue weighted by Crippen LogP contribution is -2.63. The van der Waals surface area contributed by atoms with Gasteiger partial charge in [-0.05, 0) is 108 Å². The fourth-order valence-electron chi connectivity index (χ4n) is 15.8. The predicted molar refractivity (Wildman–Crippen MR) is 528 cm³/mol. The maximum atomic E-state index is 15.3. The third kappa shape index (κ3) is 47.0. The number of aliphatic hydroxyl groups is 2. The van der Waals surface area contributed by atoms with Crippen molar-refractivity contribution in [2.24, 2.45) is 17.8 Å². The Bertz CT molecular complexity index is 4400. The Morgan fingerprint density at radius 2 is 1.23 bits per heavy atom. The van der Waals surface area contributed by atoms with E-state index in [1.54, 1.807) is 64.3 Å². The summed E-state index contributed by atoms with van der Waals surface area (Å²) in [7, 11) is 5.23. The third-order valence-electron chi connectivity index (χ3n) is 23.8. The van der Waals surface area contributed by atoms with Crippen molar-refractivity contribution in [3.8, 4) is 5.75 Å². The molecule has 2 saturated heterocycles. The lowest BCUT2D eigenvalue weighted by molar-refractivity contribution is -0.942. The number of likely N-dealkylation sites (tertiary alicyclic amines) is 1. The van der Waals surface area contributed by atoms with Crippen LogP contribution in [0.3, 0.4) is 0 Å². The van der Waals surface area contributed by atoms with Crippen LogP contribution >= 0.6 is 11.3 Å². The molecule has 0 bridgehead atoms. The highest BCUT2D eigenvalue weighted by molar-refractivity contribution is 7.09. The van der Waals surface area contributed by atoms with Crippen LogP contribution in [-0.2, 0) is 132 Å². The molecule has 6 rings (SSSR count). The molecule has 144 heavy (non-hydrogen) atoms. The number of alkyl carbamates (subject to hydrolysis) is 1. The van der Waals surface area contributed by atoms with Gasteiger partial charge in [0, 0.05) is 94.5 Å². The minimum atomic E-state index is -1.78. The summed E-state index contributed by atoms with van der Waals surface area (Å²) in [5.41, 5.74) is 1.28. The molecular weight excluding hydrogens is 1900 g/mol. The number of quaternary nitrogens is 1. The van der Waals surface area contributed by atoms with Crippen LogP contribution in [0.2, 0.25) is 0 Å². The number of likely N-dealkylation sites (N-methyl/N-ethyl adjacent to an activating group) is 2. The average molecular weight is 2060 g/mol. The molecule has 1 aromatic heterocycles. The molecule has 1 unspecified atom stereocenters. The highest BCUT2D eigenvalue weighted by Gasteiger charge is 2.46. The number of aliphatic carboxylic acids is 2. The number of rotatable bonds is 76. The van der Waals surface area contributed by atoms with Gasteiger partial charge in [0.1, 0.15) is 58.9 Å². The van der Waals surface area contributed by atoms with Gasteiger partial charge in [0.05, 0.1) is 196 Å². The summed E-state index contributed by atoms with van der Waals surface area (Å²) < 4.78 is 89.3. The summed E-state index contributed by atoms with van der Waals surface area (Å²) >= 11 is 1.22. The molecule has 0 saturated carbocycles. The zero-order valence-corrected chi connectivity index (χ0v) is 86.6. The fraction of sp³-hybridized carbons (Fsp3) is 0.690. The van der Waals surface area contributed by atoms with E-state index in [0.29, 0.717) is 186 Å². The molecule has 2 aromatic carbocycles. The van der Waals surface area contributed by atoms with Crippen molar-refractivity contribution in [2.75, 3.05) is 211 Å². The first-order valence-electron chi connectivity index (χ1n) is 49.7. The Morgan fingerprint density at radius 1 is 0.667 bits per heavy atom. The first-order chi connectivity index (χ1) is 68.9. The summed E-state index contributed by atoms with van der Waals surface area (Å²) in [6.45, 7) is 29.2. The minimum Gasteiger partial charge on any atom is -0.481 e. The molecule has 3 aromatic rings. The monoisotopic (exact) mass is 2060 g/mol. The largest absolute Gasteiger partial charge is 0.481 e. The van der Waals surface area contributed by atoms with Crippen LogP contribution in [0.25, 0.3) is 0 Å². The summed E-state index contributed by atoms with van der Waals surface area (Å²) in [6, 6.07) is 8.20. The van der Waals surface area contributed by atoms with Crippen molar-refractivity contribution < 1.29 is 158 Å². The Hall–Kier alpha value is -9.69. The molecule has 10 amide bonds. The highest BCUT2D eigenvalue weighted by atomic mass is 32.1. The number of methoxy groups -OCH3 is 1. The van der Waals surface area contributed by atoms with Gasteiger partial charge in [-0.15, -0.1) is 11.3 Å². The van der Waals surface area contributed by atoms with Gasteiger partial charge in [0.25, 0.3) is 23.6 Å². The van der Waals surface area contributed by atoms with Gasteiger partial charge in [-0.25, -0.2) is 14.6 Å². The number of carboxylic acids is 2. The number of benzene rings is 2. The van der Waals surface area contributed by atoms with Crippen molar-refractivity contribution in [3.63, 3.8) is 0 Å². The molecular formula is C100H158N11O32S+. The number of nitrogens with one attached hydrogen (secondary N) is 7. The lowest BCUT2D eigenvalue weighted by atomic mass is 9.92. The Labute approximate surface area is 848 Å². The number of carbonyl (C=O) groups excluding carboxylic acids is 10. The molecule has 11 N–H and O–H groups in total. The Kier molecular flexibility index (Phi) is 58.0. The molecule has 0 aliphatic carbocycles. The number of nitrogens with zero attached hydrogens (tertiary/aromatic N) is 4. The molecule has 2 fully saturated rings. The van der Waals surface area contributed by atoms with E-state index in [-0.39, 0.29) is 136 Å². The number of aliphatic hydroxyl groups excluding tert-OH is 2. The lowest BCUT2D eigenvalue weighted by Gasteiger charge is -2.44. The third-order valence-corrected chi connectivity index (χ3v) is 24.8. The number of hydrogen-bond donors (Lipinski definition) is 11. The summed E-state index contributed by atoms with van der Waals surface area (Å²) in [6.07, 6.45) is -4.05. The highest BCUT2D eigenvalue weighted by Crippen LogP contribution is 2.36. The number of carbonyl (C=O) groups is 12. The van der Waals surface area contributed by atoms with E-state index in [0.717, 1.165) is 23.3 Å². The number of piperidine rings is 1. The van der Waals surface area contributed by atoms with Crippen LogP contribution in [0.4, 0.5) is 10.5 Å². The second-order valence-corrected chi connectivity index (χ2v) is 38.1. The van der Waals surface area contributed by atoms with Crippen molar-refractivity contribution in [2.45, 2.75) is 225 Å². The minimum absolute atomic E-state index is 0.0106. The maximum absolute atomic E-state index is 15.3. The molecule has 3 aliphatic heterocycles. The normalized spacial score (nSPS) is 18.6. The van der Waals surface area contributed by atoms with Crippen LogP contribution in [0, 0.1) is 17.8 Å². The van der Waals surface area contributed by atoms with Crippen molar-refractivity contribution >= 4 is 88.2 Å². The van der Waals surface area contributed by atoms with Crippen LogP contribution in [0.1, 0.15) is 172 Å². The second kappa shape index (κ2) is 68.0. The van der Waals surface area contributed by atoms with E-state index < -0.39 is 151 Å². The number of thiazole rings is 1. The smallest absolute Gasteiger partial charge is 0.407 e. The SMILES string of the molecule is C=C(C)CO[C@H](C[C@H](C(C)C)N(C)C(=O)[C@@H](NC(=O)[C@H]1CCCC[N+]1(C)Cc1ccc(O[C@@H]2O[C@H](C(=O)O)C[C@H](O)[C@H]2O)c(NC(=O)CCNC(=O)[C@H](CCCCNC(=O)CCOCCOCCOCCOCCOCCOCCOCCOCCOCCOCCOCCOC)NC(=O)[C@H](CNC(=O)OC(C)(C)C)N2C(=O)C=CC2=O)c1)[C@@H](C)CC)c1nc(C(=O)N[C@@H](Cc2ccccc2)C[C@H](C)C(=O)O)cs1. The van der Waals surface area contributed by atoms with Crippen molar-refractivity contribution in [1.82, 2.24) is 46.7 Å². The number of amides is 10. The Balaban J connectivity index is 1.03. The van der Waals surface area contributed by atoms with Gasteiger partial charge in [-0.1, -0.05) is 83.5 Å². The predicted octanol–water partition coefficient (Wildman–Crippen LogP) is 5.39. The zero-order valence-electron chi connectivity index (χ0n) is 85.8. The second-order valence-electron chi connectivity index (χ2n) is 37.2. The Morgan fingerprint density at radius 3 is 1.76 bits per heavy atom. The number of aromatic nitrogens is 1. The average Bonchev–Trinajstić information content (AvgIpc) is 1.04. The summed E-state index contributed by atoms with van der Waals surface area (Å²) in [5.74, 6) is -9.76. The van der Waals surface area contributed by atoms with E-state index in [4.69, 9.17) is 80.8 Å². The summed E-state index contributed by atoms with van der Waals surface area (Å²) in [5, 5.41) is 63.4. The van der Waals surface area contributed by atoms with Crippen molar-refractivity contribution in [1.29, 1.82) is 0 Å². The maximum Gasteiger partial charge on any atom is 0.407 e. The van der Waals surface area contributed by atoms with E-state index in [2.05, 4.69) is 43.8 Å². The molecule has 43 nitrogen and oxygen atoms in total. The van der Waals surface area contributed by atoms with Crippen LogP contribution in [0.5, 0.6) is 5.75 Å². The van der Waals surface area contributed by atoms with Gasteiger partial charge in [-0.3, -0.25) is 52.8 Å². The van der Waals surface area contributed by atoms with E-state index in [1.807, 2.05) is 72.0 Å². The zero-order chi connectivity index (χ0) is 105. The first-order valence-corrected chi connectivity index (χ1v) is 50.6. The quantitative estimate of drug-likeness (QED) is 0.0146. The van der Waals surface area contributed by atoms with Gasteiger partial charge in [0.2, 0.25) is 35.8 Å². The van der Waals surface area contributed by atoms with Gasteiger partial charge in [-0.2, -0.15) is 0 Å². The van der Waals surface area contributed by atoms with Crippen LogP contribution < -0.4 is 42.0 Å². The molecule has 3 aliphatic rings. The van der Waals surface area contributed by atoms with Gasteiger partial charge >= 0.3 is 18.0 Å². The van der Waals surface area contributed by atoms with Crippen LogP contribution in [-0.4, -0.2) is 383 Å². The topological polar surface area (TPSA) is 537 Å². The molecule has 14 atom stereocenters. The number of ether oxygens (including phenoxy) is 16. The fourth-order valence-corrected chi connectivity index (χ4v) is 16.7. The van der Waals surface area contributed by atoms with Gasteiger partial charge in [0.15, 0.2) is 12.1 Å². The summed E-state index contributed by atoms with van der Waals surface area (Å²) in [4.78, 5) is 171. The number of unbranched alkanes of at least 4 members (excludes halogenated alkanes) is 1. The molecule has 4 heterocycles. The van der Waals surface area contributed by atoms with E-state index in [9.17, 15) is 68.4 Å². The van der Waals surface area contributed by atoms with E-state index in [1.165, 1.54) is 17.4 Å². The molecule has 0 radical (unpaired) electrons. The number of carboxylic acid groups (broad SMARTS) is 2. The van der Waals surface area contributed by atoms with Gasteiger partial charge < -0.3 is 143 Å². The molecule has 810 valence electrons. The number of hydrogen-bond acceptors (Lipinski definition) is 32. The molecule has 44 heteroatoms. The van der Waals surface area contributed by atoms with Crippen LogP contribution in [0.15, 0.2) is 78.2 Å². The van der Waals surface area contributed by atoms with Crippen molar-refractivity contribution in [3.05, 3.63) is 100 Å². The standard InChI is InChI=1S/C100H157N11O32S/c1-14-69(6)88(95(122)109(11)77(68(4)5)61-82(140-65-67(2)3)94-107-76(66-144-94)91(119)104-73(58-70(7)96(123)124)59-71-22-16-15-17-23-71)108-93(121)79-25-19-21-34-111(79,12)64-72-26-27-81(141-98-89(117)80(112)62-83(142-98)97(125)126)75(60-72)105-85(114)30-33-102-90(118)74(106-92(120)78(110-86(115)28-29-87(110)116)63-103-99(127)143-100(8,9)10)24-18-20-32-101-84(113)31-35-129-38-39-131-42-43-133-46-47-135-50-51-137-54-55-139-57-56-138-53-52-136-49-48-134-45-44-132-41-40-130-37-36-128-13/h15-17,22-23,26-29,60,66,68-70,73-74,77-80,82-83,88-89,98,112,117H,2,14,18-21,24-25,30-59,61-65H2,1,3-13H3,(H8-,101,102,103,104,105,106,108,113,114,118,119,120,121,123,124,125,126,127)/p+1/t69-,70-,73+,74-,77+,78-,79+,80-,82+,83-,88-,89+,98+,111?/m0/s1. The first kappa shape index (κ1) is 123. The molecule has 0 spiro atoms. The number of anilines is 1. The number of imide groups is 1.